The molecule has 3 fully saturated rings. The monoisotopic (exact) mass is 674 g/mol. The van der Waals surface area contributed by atoms with Gasteiger partial charge in [-0.3, -0.25) is 29.0 Å². The van der Waals surface area contributed by atoms with Crippen LogP contribution in [-0.2, 0) is 25.8 Å². The Morgan fingerprint density at radius 1 is 0.936 bits per heavy atom. The topological polar surface area (TPSA) is 142 Å². The standard InChI is InChI=1S/C35H28Cl2N2O8/c1-38-32(45)34(36)16-25-22(12-13-24-27(25)30(42)39(29(24)41)20-9-5-8-19(14-20)31(43)44)28(35(34,37)33(38)46)23-11-10-21(15-26(23)40)47-17-18-6-3-2-4-7-18/h2-12,14-15,24-25,27-28,40H,13,16-17H2,1H3,(H,43,44). The maximum absolute atomic E-state index is 14.1. The molecular weight excluding hydrogens is 647 g/mol. The number of likely N-dealkylation sites (tertiary alicyclic amines) is 1. The Labute approximate surface area is 279 Å². The Bertz CT molecular complexity index is 1910. The first-order chi connectivity index (χ1) is 22.4. The Morgan fingerprint density at radius 3 is 2.38 bits per heavy atom. The van der Waals surface area contributed by atoms with E-state index in [9.17, 15) is 34.2 Å². The summed E-state index contributed by atoms with van der Waals surface area (Å²) < 4.78 is 5.88. The number of allylic oxidation sites excluding steroid dienone is 2. The number of fused-ring (bicyclic) bond motifs is 4. The molecule has 2 aliphatic carbocycles. The molecule has 1 saturated carbocycles. The minimum atomic E-state index is -2.05. The number of amides is 4. The number of benzene rings is 3. The number of carbonyl (C=O) groups excluding carboxylic acids is 4. The molecule has 2 heterocycles. The summed E-state index contributed by atoms with van der Waals surface area (Å²) in [5.74, 6) is -7.41. The van der Waals surface area contributed by atoms with E-state index in [-0.39, 0.29) is 42.0 Å². The molecule has 0 radical (unpaired) electrons. The van der Waals surface area contributed by atoms with Gasteiger partial charge in [0.1, 0.15) is 18.1 Å². The van der Waals surface area contributed by atoms with Gasteiger partial charge in [-0.15, -0.1) is 23.2 Å². The smallest absolute Gasteiger partial charge is 0.335 e. The molecule has 3 aromatic carbocycles. The van der Waals surface area contributed by atoms with Crippen LogP contribution in [0.5, 0.6) is 11.5 Å². The highest BCUT2D eigenvalue weighted by Crippen LogP contribution is 2.66. The average molecular weight is 676 g/mol. The van der Waals surface area contributed by atoms with Crippen molar-refractivity contribution in [3.8, 4) is 11.5 Å². The van der Waals surface area contributed by atoms with Crippen LogP contribution in [0.25, 0.3) is 0 Å². The van der Waals surface area contributed by atoms with Gasteiger partial charge in [0.25, 0.3) is 11.8 Å². The van der Waals surface area contributed by atoms with Crippen LogP contribution in [0.15, 0.2) is 84.4 Å². The number of ether oxygens (including phenoxy) is 1. The Balaban J connectivity index is 1.30. The fraction of sp³-hybridized carbons (Fsp3) is 0.286. The van der Waals surface area contributed by atoms with Gasteiger partial charge >= 0.3 is 5.97 Å². The van der Waals surface area contributed by atoms with E-state index in [1.54, 1.807) is 18.2 Å². The molecule has 47 heavy (non-hydrogen) atoms. The molecule has 12 heteroatoms. The number of halogens is 2. The van der Waals surface area contributed by atoms with E-state index >= 15 is 0 Å². The number of carboxylic acid groups (broad SMARTS) is 1. The van der Waals surface area contributed by atoms with Crippen molar-refractivity contribution in [3.63, 3.8) is 0 Å². The van der Waals surface area contributed by atoms with Gasteiger partial charge in [0.2, 0.25) is 11.8 Å². The van der Waals surface area contributed by atoms with E-state index in [0.717, 1.165) is 15.4 Å². The molecule has 6 unspecified atom stereocenters. The lowest BCUT2D eigenvalue weighted by Crippen LogP contribution is -2.60. The number of aromatic carboxylic acids is 1. The Kier molecular flexibility index (Phi) is 7.22. The molecule has 0 spiro atoms. The second-order valence-electron chi connectivity index (χ2n) is 12.4. The van der Waals surface area contributed by atoms with Crippen LogP contribution in [0.3, 0.4) is 0 Å². The lowest BCUT2D eigenvalue weighted by atomic mass is 9.56. The SMILES string of the molecule is CN1C(=O)C2(Cl)CC3C(=CCC4C(=O)N(c5cccc(C(=O)O)c5)C(=O)C43)C(c3ccc(OCc4ccccc4)cc3O)C2(Cl)C1=O. The van der Waals surface area contributed by atoms with Gasteiger partial charge in [0, 0.05) is 24.6 Å². The highest BCUT2D eigenvalue weighted by molar-refractivity contribution is 6.53. The predicted molar refractivity (Wildman–Crippen MR) is 170 cm³/mol. The minimum absolute atomic E-state index is 0.0917. The number of phenols is 1. The van der Waals surface area contributed by atoms with Crippen LogP contribution >= 0.6 is 23.2 Å². The number of anilines is 1. The lowest BCUT2D eigenvalue weighted by molar-refractivity contribution is -0.138. The summed E-state index contributed by atoms with van der Waals surface area (Å²) in [5.41, 5.74) is 1.67. The van der Waals surface area contributed by atoms with Gasteiger partial charge < -0.3 is 14.9 Å². The molecule has 0 aromatic heterocycles. The van der Waals surface area contributed by atoms with E-state index in [0.29, 0.717) is 11.3 Å². The van der Waals surface area contributed by atoms with Gasteiger partial charge in [-0.1, -0.05) is 54.1 Å². The number of hydrogen-bond acceptors (Lipinski definition) is 7. The summed E-state index contributed by atoms with van der Waals surface area (Å²) in [6, 6.07) is 19.6. The number of carboxylic acids is 1. The normalized spacial score (nSPS) is 29.7. The Hall–Kier alpha value is -4.67. The highest BCUT2D eigenvalue weighted by atomic mass is 35.5. The van der Waals surface area contributed by atoms with Gasteiger partial charge in [0.15, 0.2) is 9.75 Å². The quantitative estimate of drug-likeness (QED) is 0.215. The predicted octanol–water partition coefficient (Wildman–Crippen LogP) is 4.86. The second-order valence-corrected chi connectivity index (χ2v) is 13.6. The van der Waals surface area contributed by atoms with Crippen molar-refractivity contribution in [2.75, 3.05) is 11.9 Å². The summed E-state index contributed by atoms with van der Waals surface area (Å²) in [5, 5.41) is 20.9. The average Bonchev–Trinajstić information content (AvgIpc) is 3.39. The molecule has 2 saturated heterocycles. The fourth-order valence-corrected chi connectivity index (χ4v) is 8.73. The molecule has 4 amide bonds. The number of nitrogens with zero attached hydrogens (tertiary/aromatic N) is 2. The molecule has 7 rings (SSSR count). The molecule has 4 aliphatic rings. The summed E-state index contributed by atoms with van der Waals surface area (Å²) in [6.45, 7) is 0.239. The number of hydrogen-bond donors (Lipinski definition) is 2. The zero-order chi connectivity index (χ0) is 33.4. The van der Waals surface area contributed by atoms with E-state index in [2.05, 4.69) is 0 Å². The van der Waals surface area contributed by atoms with Crippen molar-refractivity contribution < 1.29 is 38.9 Å². The second kappa shape index (κ2) is 11.0. The number of carbonyl (C=O) groups is 5. The van der Waals surface area contributed by atoms with Crippen LogP contribution < -0.4 is 9.64 Å². The molecular formula is C35H28Cl2N2O8. The van der Waals surface area contributed by atoms with Gasteiger partial charge in [-0.05, 0) is 48.6 Å². The maximum atomic E-state index is 14.1. The van der Waals surface area contributed by atoms with E-state index in [1.165, 1.54) is 37.4 Å². The van der Waals surface area contributed by atoms with Crippen molar-refractivity contribution in [1.29, 1.82) is 0 Å². The first kappa shape index (κ1) is 31.0. The number of phenolic OH excluding ortho intramolecular Hbond substituents is 1. The number of rotatable bonds is 6. The van der Waals surface area contributed by atoms with E-state index in [1.807, 2.05) is 30.3 Å². The van der Waals surface area contributed by atoms with Gasteiger partial charge in [-0.2, -0.15) is 0 Å². The molecule has 2 aliphatic heterocycles. The molecule has 0 bridgehead atoms. The van der Waals surface area contributed by atoms with Crippen LogP contribution in [0.4, 0.5) is 5.69 Å². The van der Waals surface area contributed by atoms with Crippen molar-refractivity contribution in [1.82, 2.24) is 4.90 Å². The van der Waals surface area contributed by atoms with Crippen molar-refractivity contribution in [2.24, 2.45) is 17.8 Å². The number of alkyl halides is 2. The van der Waals surface area contributed by atoms with Crippen LogP contribution in [0.2, 0.25) is 0 Å². The third-order valence-corrected chi connectivity index (χ3v) is 11.3. The molecule has 2 N–H and O–H groups in total. The van der Waals surface area contributed by atoms with E-state index in [4.69, 9.17) is 27.9 Å². The van der Waals surface area contributed by atoms with Crippen LogP contribution in [0, 0.1) is 17.8 Å². The number of imide groups is 2. The van der Waals surface area contributed by atoms with Gasteiger partial charge in [-0.25, -0.2) is 4.79 Å². The zero-order valence-electron chi connectivity index (χ0n) is 24.9. The first-order valence-corrected chi connectivity index (χ1v) is 15.7. The summed E-state index contributed by atoms with van der Waals surface area (Å²) in [7, 11) is 1.29. The molecule has 6 atom stereocenters. The largest absolute Gasteiger partial charge is 0.508 e. The third kappa shape index (κ3) is 4.42. The lowest BCUT2D eigenvalue weighted by Gasteiger charge is -2.50. The molecule has 10 nitrogen and oxygen atoms in total. The van der Waals surface area contributed by atoms with Crippen LogP contribution in [-0.4, -0.2) is 61.5 Å². The summed E-state index contributed by atoms with van der Waals surface area (Å²) >= 11 is 14.4. The fourth-order valence-electron chi connectivity index (χ4n) is 7.72. The third-order valence-electron chi connectivity index (χ3n) is 9.93. The summed E-state index contributed by atoms with van der Waals surface area (Å²) in [4.78, 5) is 64.8. The maximum Gasteiger partial charge on any atom is 0.335 e. The zero-order valence-corrected chi connectivity index (χ0v) is 26.4. The van der Waals surface area contributed by atoms with E-state index < -0.39 is 63.0 Å². The minimum Gasteiger partial charge on any atom is -0.508 e. The van der Waals surface area contributed by atoms with Crippen LogP contribution in [0.1, 0.15) is 40.2 Å². The summed E-state index contributed by atoms with van der Waals surface area (Å²) in [6.07, 6.45) is 1.66. The highest BCUT2D eigenvalue weighted by Gasteiger charge is 2.76. The van der Waals surface area contributed by atoms with Crippen molar-refractivity contribution in [3.05, 3.63) is 101 Å². The van der Waals surface area contributed by atoms with Crippen molar-refractivity contribution in [2.45, 2.75) is 35.1 Å². The molecule has 3 aromatic rings. The Morgan fingerprint density at radius 2 is 1.68 bits per heavy atom. The first-order valence-electron chi connectivity index (χ1n) is 15.0. The van der Waals surface area contributed by atoms with Gasteiger partial charge in [0.05, 0.1) is 23.1 Å². The molecule has 240 valence electrons. The number of aromatic hydroxyl groups is 1. The van der Waals surface area contributed by atoms with Crippen molar-refractivity contribution >= 4 is 58.5 Å².